The van der Waals surface area contributed by atoms with Gasteiger partial charge in [-0.1, -0.05) is 99.6 Å². The van der Waals surface area contributed by atoms with Gasteiger partial charge in [-0.2, -0.15) is 0 Å². The fourth-order valence-corrected chi connectivity index (χ4v) is 13.5. The van der Waals surface area contributed by atoms with Gasteiger partial charge >= 0.3 is 0 Å². The predicted octanol–water partition coefficient (Wildman–Crippen LogP) is 8.84. The fourth-order valence-electron chi connectivity index (χ4n) is 8.95. The number of aromatic amines is 1. The number of likely N-dealkylation sites (tertiary alicyclic amines) is 1. The maximum Gasteiger partial charge on any atom is 0.282 e. The van der Waals surface area contributed by atoms with Crippen molar-refractivity contribution >= 4 is 35.3 Å². The van der Waals surface area contributed by atoms with Gasteiger partial charge < -0.3 is 19.6 Å². The molecular formula is C44H51F5N4OSi. The van der Waals surface area contributed by atoms with Crippen molar-refractivity contribution in [2.24, 2.45) is 0 Å². The van der Waals surface area contributed by atoms with Gasteiger partial charge in [-0.05, 0) is 65.4 Å². The lowest BCUT2D eigenvalue weighted by molar-refractivity contribution is -0.0825. The summed E-state index contributed by atoms with van der Waals surface area (Å²) in [6, 6.07) is 27.8. The molecule has 11 heteroatoms. The topological polar surface area (TPSA) is 43.5 Å². The van der Waals surface area contributed by atoms with Crippen molar-refractivity contribution in [3.05, 3.63) is 126 Å². The molecule has 1 saturated heterocycles. The van der Waals surface area contributed by atoms with Crippen LogP contribution in [0.5, 0.6) is 0 Å². The van der Waals surface area contributed by atoms with Crippen molar-refractivity contribution in [3.63, 3.8) is 0 Å². The maximum absolute atomic E-state index is 16.8. The Morgan fingerprint density at radius 2 is 1.51 bits per heavy atom. The number of rotatable bonds is 13. The number of H-pyrrole nitrogens is 1. The van der Waals surface area contributed by atoms with Crippen molar-refractivity contribution in [1.29, 1.82) is 0 Å². The highest BCUT2D eigenvalue weighted by molar-refractivity contribution is 6.99. The Balaban J connectivity index is 1.23. The minimum Gasteiger partial charge on any atom is -0.401 e. The summed E-state index contributed by atoms with van der Waals surface area (Å²) in [7, 11) is -3.31. The number of para-hydroxylation sites is 1. The van der Waals surface area contributed by atoms with Gasteiger partial charge in [-0.3, -0.25) is 9.29 Å². The predicted molar refractivity (Wildman–Crippen MR) is 214 cm³/mol. The van der Waals surface area contributed by atoms with Crippen LogP contribution in [0.3, 0.4) is 0 Å². The van der Waals surface area contributed by atoms with E-state index in [1.54, 1.807) is 4.90 Å². The summed E-state index contributed by atoms with van der Waals surface area (Å²) in [6.45, 7) is 7.97. The number of aromatic nitrogens is 1. The number of anilines is 1. The maximum atomic E-state index is 16.8. The highest BCUT2D eigenvalue weighted by atomic mass is 28.4. The smallest absolute Gasteiger partial charge is 0.282 e. The SMILES string of the molecule is C[C@@H]1Cc2c([nH]c3ccccc23)[C@H](c2c(F)cc(NC3CCN(CCCF)C3)cc2F)N1CC(F)(F)CO[Si](c1ccccc1)(c1ccccc1)C(C)(C)C. The second kappa shape index (κ2) is 15.8. The monoisotopic (exact) mass is 774 g/mol. The number of hydrogen-bond donors (Lipinski definition) is 2. The van der Waals surface area contributed by atoms with Gasteiger partial charge in [0.2, 0.25) is 0 Å². The molecule has 1 aromatic heterocycles. The Morgan fingerprint density at radius 1 is 0.891 bits per heavy atom. The summed E-state index contributed by atoms with van der Waals surface area (Å²) >= 11 is 0. The first-order chi connectivity index (χ1) is 26.3. The van der Waals surface area contributed by atoms with Crippen LogP contribution in [0.25, 0.3) is 10.9 Å². The Labute approximate surface area is 322 Å². The van der Waals surface area contributed by atoms with E-state index in [1.807, 2.05) is 113 Å². The van der Waals surface area contributed by atoms with E-state index in [1.165, 1.54) is 12.1 Å². The third kappa shape index (κ3) is 7.86. The molecule has 5 nitrogen and oxygen atoms in total. The van der Waals surface area contributed by atoms with Crippen LogP contribution in [-0.2, 0) is 10.8 Å². The zero-order valence-electron chi connectivity index (χ0n) is 32.0. The average molecular weight is 775 g/mol. The van der Waals surface area contributed by atoms with E-state index in [0.29, 0.717) is 31.6 Å². The van der Waals surface area contributed by atoms with Crippen molar-refractivity contribution in [1.82, 2.24) is 14.8 Å². The van der Waals surface area contributed by atoms with Crippen LogP contribution in [0.4, 0.5) is 27.6 Å². The zero-order valence-corrected chi connectivity index (χ0v) is 33.0. The number of fused-ring (bicyclic) bond motifs is 3. The molecule has 0 aliphatic carbocycles. The highest BCUT2D eigenvalue weighted by Crippen LogP contribution is 2.45. The first-order valence-corrected chi connectivity index (χ1v) is 21.2. The lowest BCUT2D eigenvalue weighted by Crippen LogP contribution is -2.67. The summed E-state index contributed by atoms with van der Waals surface area (Å²) in [6.07, 6.45) is 1.63. The second-order valence-corrected chi connectivity index (χ2v) is 20.6. The van der Waals surface area contributed by atoms with Crippen LogP contribution >= 0.6 is 0 Å². The molecule has 55 heavy (non-hydrogen) atoms. The molecule has 0 spiro atoms. The lowest BCUT2D eigenvalue weighted by atomic mass is 9.87. The first kappa shape index (κ1) is 39.2. The van der Waals surface area contributed by atoms with E-state index in [2.05, 4.69) is 15.2 Å². The Hall–Kier alpha value is -4.03. The fraction of sp³-hybridized carbons (Fsp3) is 0.409. The quantitative estimate of drug-likeness (QED) is 0.0928. The van der Waals surface area contributed by atoms with E-state index in [-0.39, 0.29) is 24.0 Å². The van der Waals surface area contributed by atoms with Gasteiger partial charge in [-0.15, -0.1) is 0 Å². The molecule has 2 N–H and O–H groups in total. The van der Waals surface area contributed by atoms with Crippen LogP contribution in [0, 0.1) is 11.6 Å². The second-order valence-electron chi connectivity index (χ2n) is 16.3. The highest BCUT2D eigenvalue weighted by Gasteiger charge is 2.52. The third-order valence-corrected chi connectivity index (χ3v) is 16.4. The van der Waals surface area contributed by atoms with Crippen molar-refractivity contribution < 1.29 is 26.4 Å². The molecule has 292 valence electrons. The molecule has 0 bridgehead atoms. The molecule has 2 aliphatic rings. The number of hydrogen-bond acceptors (Lipinski definition) is 4. The van der Waals surface area contributed by atoms with E-state index in [0.717, 1.165) is 39.8 Å². The Bertz CT molecular complexity index is 2010. The van der Waals surface area contributed by atoms with Crippen LogP contribution in [-0.4, -0.2) is 80.6 Å². The molecule has 5 aromatic rings. The summed E-state index contributed by atoms with van der Waals surface area (Å²) in [4.78, 5) is 7.05. The van der Waals surface area contributed by atoms with Crippen LogP contribution in [0.15, 0.2) is 97.1 Å². The lowest BCUT2D eigenvalue weighted by Gasteiger charge is -2.45. The number of benzene rings is 4. The van der Waals surface area contributed by atoms with Crippen molar-refractivity contribution in [2.45, 2.75) is 76.0 Å². The van der Waals surface area contributed by atoms with E-state index >= 15 is 17.6 Å². The summed E-state index contributed by atoms with van der Waals surface area (Å²) in [5, 5.41) is 5.43. The van der Waals surface area contributed by atoms with Crippen molar-refractivity contribution in [3.8, 4) is 0 Å². The molecule has 0 amide bonds. The summed E-state index contributed by atoms with van der Waals surface area (Å²) in [5.74, 6) is -5.01. The molecule has 4 aromatic carbocycles. The van der Waals surface area contributed by atoms with Gasteiger partial charge in [0.1, 0.15) is 11.6 Å². The van der Waals surface area contributed by atoms with Gasteiger partial charge in [-0.25, -0.2) is 17.6 Å². The molecule has 3 atom stereocenters. The van der Waals surface area contributed by atoms with Gasteiger partial charge in [0.25, 0.3) is 14.2 Å². The van der Waals surface area contributed by atoms with E-state index in [4.69, 9.17) is 4.43 Å². The molecule has 1 unspecified atom stereocenters. The number of nitrogens with one attached hydrogen (secondary N) is 2. The minimum atomic E-state index is -3.39. The first-order valence-electron chi connectivity index (χ1n) is 19.3. The van der Waals surface area contributed by atoms with Crippen LogP contribution in [0.2, 0.25) is 5.04 Å². The number of nitrogens with zero attached hydrogens (tertiary/aromatic N) is 2. The molecule has 0 saturated carbocycles. The van der Waals surface area contributed by atoms with E-state index in [9.17, 15) is 4.39 Å². The van der Waals surface area contributed by atoms with E-state index < -0.39 is 56.1 Å². The largest absolute Gasteiger partial charge is 0.401 e. The van der Waals surface area contributed by atoms with Gasteiger partial charge in [0.15, 0.2) is 0 Å². The summed E-state index contributed by atoms with van der Waals surface area (Å²) < 4.78 is 86.1. The number of halogens is 5. The molecule has 0 radical (unpaired) electrons. The Morgan fingerprint density at radius 3 is 2.13 bits per heavy atom. The Kier molecular flexibility index (Phi) is 11.3. The van der Waals surface area contributed by atoms with Crippen LogP contribution < -0.4 is 15.7 Å². The molecular weight excluding hydrogens is 724 g/mol. The average Bonchev–Trinajstić information content (AvgIpc) is 3.76. The molecule has 1 fully saturated rings. The molecule has 2 aliphatic heterocycles. The van der Waals surface area contributed by atoms with Crippen LogP contribution in [0.1, 0.15) is 63.4 Å². The minimum absolute atomic E-state index is 0.0509. The van der Waals surface area contributed by atoms with Gasteiger partial charge in [0.05, 0.1) is 25.9 Å². The number of alkyl halides is 3. The standard InChI is InChI=1S/C44H51F5N4OSi/c1-30-24-36-35-18-11-12-19-39(35)51-41(36)42(40-37(46)25-32(26-38(40)47)50-31-20-23-52(27-31)22-13-21-45)53(30)28-44(48,49)29-54-55(43(2,3)4,33-14-7-5-8-15-33)34-16-9-6-10-17-34/h5-12,14-19,25-26,30-31,42,50-51H,13,20-24,27-29H2,1-4H3/t30-,31?,42+/m1/s1. The summed E-state index contributed by atoms with van der Waals surface area (Å²) in [5.41, 5.74) is 2.18. The normalized spacial score (nSPS) is 19.9. The van der Waals surface area contributed by atoms with Gasteiger partial charge in [0, 0.05) is 59.6 Å². The third-order valence-electron chi connectivity index (χ3n) is 11.5. The molecule has 7 rings (SSSR count). The van der Waals surface area contributed by atoms with Crippen molar-refractivity contribution in [2.75, 3.05) is 44.8 Å². The molecule has 3 heterocycles. The zero-order chi connectivity index (χ0) is 39.0.